The molecule has 102 valence electrons. The summed E-state index contributed by atoms with van der Waals surface area (Å²) in [6.07, 6.45) is 1.93. The van der Waals surface area contributed by atoms with Crippen LogP contribution in [0.3, 0.4) is 0 Å². The number of benzene rings is 1. The van der Waals surface area contributed by atoms with Crippen molar-refractivity contribution in [3.05, 3.63) is 39.9 Å². The van der Waals surface area contributed by atoms with E-state index in [1.54, 1.807) is 6.92 Å². The van der Waals surface area contributed by atoms with Crippen LogP contribution in [0.2, 0.25) is 0 Å². The summed E-state index contributed by atoms with van der Waals surface area (Å²) >= 11 is 0. The highest BCUT2D eigenvalue weighted by molar-refractivity contribution is 5.79. The third-order valence-electron chi connectivity index (χ3n) is 3.92. The van der Waals surface area contributed by atoms with Gasteiger partial charge in [-0.2, -0.15) is 0 Å². The van der Waals surface area contributed by atoms with Gasteiger partial charge in [-0.15, -0.1) is 5.92 Å². The number of nitrogens with zero attached hydrogens (tertiary/aromatic N) is 2. The molecule has 0 spiro atoms. The first-order valence-electron chi connectivity index (χ1n) is 6.96. The van der Waals surface area contributed by atoms with Crippen molar-refractivity contribution in [3.8, 4) is 11.8 Å². The lowest BCUT2D eigenvalue weighted by atomic mass is 9.85. The Balaban J connectivity index is 2.24. The molecule has 3 nitrogen and oxygen atoms in total. The molecule has 0 aliphatic carbocycles. The summed E-state index contributed by atoms with van der Waals surface area (Å²) in [6.45, 7) is 6.96. The standard InChI is InChI=1S/C17H18N2O/c1-4-5-12-6-7-13-14(10-12)18-15-8-9-17(2,3)11-19(15)16(13)20/h6-7,10H,8-9,11H2,1-3H3. The largest absolute Gasteiger partial charge is 0.296 e. The first-order chi connectivity index (χ1) is 9.50. The molecule has 0 fully saturated rings. The fourth-order valence-corrected chi connectivity index (χ4v) is 2.80. The second-order valence-corrected chi connectivity index (χ2v) is 6.19. The summed E-state index contributed by atoms with van der Waals surface area (Å²) in [5.74, 6) is 6.79. The Labute approximate surface area is 118 Å². The summed E-state index contributed by atoms with van der Waals surface area (Å²) in [5.41, 5.74) is 1.92. The Morgan fingerprint density at radius 1 is 1.35 bits per heavy atom. The van der Waals surface area contributed by atoms with Crippen LogP contribution in [0.1, 0.15) is 38.6 Å². The van der Waals surface area contributed by atoms with Gasteiger partial charge in [-0.05, 0) is 37.0 Å². The fraction of sp³-hybridized carbons (Fsp3) is 0.412. The van der Waals surface area contributed by atoms with Gasteiger partial charge >= 0.3 is 0 Å². The molecule has 0 bridgehead atoms. The van der Waals surface area contributed by atoms with Gasteiger partial charge in [0.15, 0.2) is 0 Å². The molecular weight excluding hydrogens is 248 g/mol. The average Bonchev–Trinajstić information content (AvgIpc) is 2.40. The maximum absolute atomic E-state index is 12.6. The highest BCUT2D eigenvalue weighted by Gasteiger charge is 2.27. The average molecular weight is 266 g/mol. The molecule has 1 aliphatic rings. The fourth-order valence-electron chi connectivity index (χ4n) is 2.80. The number of hydrogen-bond donors (Lipinski definition) is 0. The molecule has 20 heavy (non-hydrogen) atoms. The number of rotatable bonds is 0. The van der Waals surface area contributed by atoms with Crippen LogP contribution in [-0.2, 0) is 13.0 Å². The van der Waals surface area contributed by atoms with Crippen molar-refractivity contribution in [1.82, 2.24) is 9.55 Å². The predicted molar refractivity (Wildman–Crippen MR) is 80.7 cm³/mol. The normalized spacial score (nSPS) is 16.4. The second kappa shape index (κ2) is 4.49. The predicted octanol–water partition coefficient (Wildman–Crippen LogP) is 2.74. The molecule has 0 amide bonds. The van der Waals surface area contributed by atoms with Gasteiger partial charge in [-0.1, -0.05) is 19.8 Å². The smallest absolute Gasteiger partial charge is 0.261 e. The van der Waals surface area contributed by atoms with Crippen LogP contribution in [0.4, 0.5) is 0 Å². The summed E-state index contributed by atoms with van der Waals surface area (Å²) in [4.78, 5) is 17.3. The number of hydrogen-bond acceptors (Lipinski definition) is 2. The van der Waals surface area contributed by atoms with Crippen LogP contribution in [0.15, 0.2) is 23.0 Å². The van der Waals surface area contributed by atoms with Gasteiger partial charge in [0, 0.05) is 18.5 Å². The molecule has 0 N–H and O–H groups in total. The molecule has 1 aromatic carbocycles. The Morgan fingerprint density at radius 2 is 2.15 bits per heavy atom. The molecule has 0 unspecified atom stereocenters. The van der Waals surface area contributed by atoms with E-state index in [0.717, 1.165) is 36.3 Å². The minimum absolute atomic E-state index is 0.0776. The molecular formula is C17H18N2O. The van der Waals surface area contributed by atoms with E-state index in [-0.39, 0.29) is 11.0 Å². The molecule has 3 rings (SSSR count). The SMILES string of the molecule is CC#Cc1ccc2c(=O)n3c(nc2c1)CCC(C)(C)C3. The van der Waals surface area contributed by atoms with E-state index in [1.165, 1.54) is 0 Å². The minimum Gasteiger partial charge on any atom is -0.296 e. The Hall–Kier alpha value is -2.08. The molecule has 1 aromatic heterocycles. The molecule has 0 saturated heterocycles. The molecule has 0 radical (unpaired) electrons. The topological polar surface area (TPSA) is 34.9 Å². The van der Waals surface area contributed by atoms with Crippen LogP contribution < -0.4 is 5.56 Å². The summed E-state index contributed by atoms with van der Waals surface area (Å²) < 4.78 is 1.84. The number of aryl methyl sites for hydroxylation is 1. The Morgan fingerprint density at radius 3 is 2.90 bits per heavy atom. The van der Waals surface area contributed by atoms with E-state index in [1.807, 2.05) is 22.8 Å². The zero-order chi connectivity index (χ0) is 14.3. The van der Waals surface area contributed by atoms with Crippen LogP contribution >= 0.6 is 0 Å². The van der Waals surface area contributed by atoms with Gasteiger partial charge in [0.05, 0.1) is 10.9 Å². The molecule has 1 aliphatic heterocycles. The van der Waals surface area contributed by atoms with Gasteiger partial charge < -0.3 is 0 Å². The monoisotopic (exact) mass is 266 g/mol. The van der Waals surface area contributed by atoms with E-state index in [2.05, 4.69) is 30.7 Å². The number of fused-ring (bicyclic) bond motifs is 2. The van der Waals surface area contributed by atoms with E-state index >= 15 is 0 Å². The van der Waals surface area contributed by atoms with Crippen molar-refractivity contribution in [2.75, 3.05) is 0 Å². The molecule has 2 heterocycles. The highest BCUT2D eigenvalue weighted by Crippen LogP contribution is 2.29. The van der Waals surface area contributed by atoms with Gasteiger partial charge in [0.2, 0.25) is 0 Å². The first kappa shape index (κ1) is 12.9. The molecule has 0 saturated carbocycles. The van der Waals surface area contributed by atoms with Gasteiger partial charge in [0.25, 0.3) is 5.56 Å². The van der Waals surface area contributed by atoms with Crippen molar-refractivity contribution >= 4 is 10.9 Å². The molecule has 0 atom stereocenters. The van der Waals surface area contributed by atoms with E-state index < -0.39 is 0 Å². The maximum Gasteiger partial charge on any atom is 0.261 e. The Bertz CT molecular complexity index is 803. The van der Waals surface area contributed by atoms with E-state index in [4.69, 9.17) is 0 Å². The van der Waals surface area contributed by atoms with Crippen molar-refractivity contribution in [2.24, 2.45) is 5.41 Å². The highest BCUT2D eigenvalue weighted by atomic mass is 16.1. The zero-order valence-corrected chi connectivity index (χ0v) is 12.2. The van der Waals surface area contributed by atoms with Crippen molar-refractivity contribution < 1.29 is 0 Å². The lowest BCUT2D eigenvalue weighted by Gasteiger charge is -2.31. The minimum atomic E-state index is 0.0776. The van der Waals surface area contributed by atoms with E-state index in [9.17, 15) is 4.79 Å². The molecule has 3 heteroatoms. The van der Waals surface area contributed by atoms with Crippen molar-refractivity contribution in [3.63, 3.8) is 0 Å². The van der Waals surface area contributed by atoms with Crippen molar-refractivity contribution in [1.29, 1.82) is 0 Å². The van der Waals surface area contributed by atoms with Crippen LogP contribution in [0.25, 0.3) is 10.9 Å². The quantitative estimate of drug-likeness (QED) is 0.687. The lowest BCUT2D eigenvalue weighted by molar-refractivity contribution is 0.240. The third kappa shape index (κ3) is 2.12. The van der Waals surface area contributed by atoms with E-state index in [0.29, 0.717) is 5.39 Å². The second-order valence-electron chi connectivity index (χ2n) is 6.19. The molecule has 2 aromatic rings. The maximum atomic E-state index is 12.6. The van der Waals surface area contributed by atoms with Crippen LogP contribution in [0.5, 0.6) is 0 Å². The zero-order valence-electron chi connectivity index (χ0n) is 12.2. The van der Waals surface area contributed by atoms with Gasteiger partial charge in [0.1, 0.15) is 5.82 Å². The summed E-state index contributed by atoms with van der Waals surface area (Å²) in [5, 5.41) is 0.688. The van der Waals surface area contributed by atoms with Gasteiger partial charge in [-0.25, -0.2) is 4.98 Å². The van der Waals surface area contributed by atoms with Crippen LogP contribution in [0, 0.1) is 17.3 Å². The third-order valence-corrected chi connectivity index (χ3v) is 3.92. The summed E-state index contributed by atoms with van der Waals surface area (Å²) in [6, 6.07) is 5.65. The Kier molecular flexibility index (Phi) is 2.90. The van der Waals surface area contributed by atoms with Crippen LogP contribution in [-0.4, -0.2) is 9.55 Å². The number of aromatic nitrogens is 2. The first-order valence-corrected chi connectivity index (χ1v) is 6.96. The summed E-state index contributed by atoms with van der Waals surface area (Å²) in [7, 11) is 0. The van der Waals surface area contributed by atoms with Crippen molar-refractivity contribution in [2.45, 2.75) is 40.2 Å². The van der Waals surface area contributed by atoms with Gasteiger partial charge in [-0.3, -0.25) is 9.36 Å². The lowest BCUT2D eigenvalue weighted by Crippen LogP contribution is -2.36.